The lowest BCUT2D eigenvalue weighted by Gasteiger charge is -2.31. The van der Waals surface area contributed by atoms with Crippen LogP contribution in [-0.2, 0) is 14.8 Å². The lowest BCUT2D eigenvalue weighted by atomic mass is 10.0. The van der Waals surface area contributed by atoms with E-state index in [0.29, 0.717) is 18.2 Å². The minimum absolute atomic E-state index is 0.263. The first-order valence-electron chi connectivity index (χ1n) is 8.15. The van der Waals surface area contributed by atoms with Gasteiger partial charge in [0.25, 0.3) is 0 Å². The largest absolute Gasteiger partial charge is 0.491 e. The summed E-state index contributed by atoms with van der Waals surface area (Å²) in [5, 5.41) is 0. The molecule has 25 heavy (non-hydrogen) atoms. The van der Waals surface area contributed by atoms with Crippen molar-refractivity contribution in [2.75, 3.05) is 19.5 Å². The number of aromatic nitrogens is 1. The molecule has 1 fully saturated rings. The van der Waals surface area contributed by atoms with Crippen molar-refractivity contribution in [2.45, 2.75) is 31.9 Å². The van der Waals surface area contributed by atoms with Crippen molar-refractivity contribution in [3.63, 3.8) is 0 Å². The van der Waals surface area contributed by atoms with E-state index in [-0.39, 0.29) is 18.8 Å². The van der Waals surface area contributed by atoms with Crippen molar-refractivity contribution in [3.8, 4) is 17.0 Å². The zero-order chi connectivity index (χ0) is 17.9. The van der Waals surface area contributed by atoms with Crippen molar-refractivity contribution >= 4 is 10.0 Å². The highest BCUT2D eigenvalue weighted by molar-refractivity contribution is 7.88. The van der Waals surface area contributed by atoms with Gasteiger partial charge in [-0.25, -0.2) is 18.1 Å². The smallest absolute Gasteiger partial charge is 0.209 e. The van der Waals surface area contributed by atoms with E-state index in [1.54, 1.807) is 13.2 Å². The first kappa shape index (κ1) is 17.9. The van der Waals surface area contributed by atoms with Crippen molar-refractivity contribution in [1.82, 2.24) is 9.71 Å². The highest BCUT2D eigenvalue weighted by Crippen LogP contribution is 2.23. The topological polar surface area (TPSA) is 90.7 Å². The molecule has 0 aliphatic carbocycles. The molecule has 0 unspecified atom stereocenters. The van der Waals surface area contributed by atoms with Gasteiger partial charge in [0.05, 0.1) is 12.3 Å². The van der Waals surface area contributed by atoms with Gasteiger partial charge < -0.3 is 13.9 Å². The number of nitrogens with one attached hydrogen (secondary N) is 1. The molecule has 0 bridgehead atoms. The molecule has 2 aromatic rings. The Hall–Kier alpha value is -1.90. The normalized spacial score (nSPS) is 21.2. The molecular weight excluding hydrogens is 344 g/mol. The number of oxazole rings is 1. The van der Waals surface area contributed by atoms with Gasteiger partial charge in [0.1, 0.15) is 30.4 Å². The molecule has 7 nitrogen and oxygen atoms in total. The van der Waals surface area contributed by atoms with Gasteiger partial charge in [0.15, 0.2) is 5.89 Å². The van der Waals surface area contributed by atoms with Crippen molar-refractivity contribution in [2.24, 2.45) is 0 Å². The number of sulfonamides is 1. The summed E-state index contributed by atoms with van der Waals surface area (Å²) in [6, 6.07) is 7.24. The predicted molar refractivity (Wildman–Crippen MR) is 92.9 cm³/mol. The third-order valence-corrected chi connectivity index (χ3v) is 4.72. The molecule has 0 spiro atoms. The molecule has 0 amide bonds. The van der Waals surface area contributed by atoms with E-state index >= 15 is 0 Å². The van der Waals surface area contributed by atoms with E-state index in [2.05, 4.69) is 9.71 Å². The predicted octanol–water partition coefficient (Wildman–Crippen LogP) is 2.13. The molecule has 1 aliphatic heterocycles. The Morgan fingerprint density at radius 2 is 2.08 bits per heavy atom. The third-order valence-electron chi connectivity index (χ3n) is 3.99. The molecule has 2 atom stereocenters. The Labute approximate surface area is 147 Å². The van der Waals surface area contributed by atoms with E-state index in [1.807, 2.05) is 24.3 Å². The first-order valence-corrected chi connectivity index (χ1v) is 10.0. The summed E-state index contributed by atoms with van der Waals surface area (Å²) in [6.45, 7) is 2.70. The number of hydrogen-bond donors (Lipinski definition) is 1. The molecule has 1 aromatic heterocycles. The molecule has 1 saturated heterocycles. The second-order valence-electron chi connectivity index (χ2n) is 6.14. The number of ether oxygens (including phenoxy) is 2. The van der Waals surface area contributed by atoms with Gasteiger partial charge in [-0.1, -0.05) is 0 Å². The van der Waals surface area contributed by atoms with E-state index in [0.717, 1.165) is 30.4 Å². The summed E-state index contributed by atoms with van der Waals surface area (Å²) in [7, 11) is -3.28. The number of hydrogen-bond acceptors (Lipinski definition) is 6. The van der Waals surface area contributed by atoms with Crippen LogP contribution in [0.2, 0.25) is 0 Å². The van der Waals surface area contributed by atoms with Crippen LogP contribution in [0.4, 0.5) is 0 Å². The van der Waals surface area contributed by atoms with Crippen LogP contribution in [0.15, 0.2) is 34.9 Å². The maximum absolute atomic E-state index is 11.5. The maximum Gasteiger partial charge on any atom is 0.209 e. The van der Waals surface area contributed by atoms with E-state index in [4.69, 9.17) is 13.9 Å². The minimum Gasteiger partial charge on any atom is -0.491 e. The van der Waals surface area contributed by atoms with Gasteiger partial charge in [-0.3, -0.25) is 0 Å². The fraction of sp³-hybridized carbons (Fsp3) is 0.471. The molecule has 8 heteroatoms. The highest BCUT2D eigenvalue weighted by Gasteiger charge is 2.28. The van der Waals surface area contributed by atoms with Crippen LogP contribution >= 0.6 is 0 Å². The Bertz CT molecular complexity index is 801. The Morgan fingerprint density at radius 3 is 2.72 bits per heavy atom. The molecule has 3 rings (SSSR count). The zero-order valence-corrected chi connectivity index (χ0v) is 15.1. The second kappa shape index (κ2) is 7.55. The number of benzene rings is 1. The Balaban J connectivity index is 1.60. The maximum atomic E-state index is 11.5. The van der Waals surface area contributed by atoms with Crippen LogP contribution in [-0.4, -0.2) is 45.0 Å². The lowest BCUT2D eigenvalue weighted by molar-refractivity contribution is -0.0278. The lowest BCUT2D eigenvalue weighted by Crippen LogP contribution is -2.49. The molecule has 2 heterocycles. The fourth-order valence-corrected chi connectivity index (χ4v) is 3.63. The summed E-state index contributed by atoms with van der Waals surface area (Å²) in [5.41, 5.74) is 1.71. The fourth-order valence-electron chi connectivity index (χ4n) is 2.81. The van der Waals surface area contributed by atoms with E-state index in [9.17, 15) is 8.42 Å². The van der Waals surface area contributed by atoms with Crippen LogP contribution in [0, 0.1) is 6.92 Å². The summed E-state index contributed by atoms with van der Waals surface area (Å²) in [4.78, 5) is 4.28. The summed E-state index contributed by atoms with van der Waals surface area (Å²) in [5.74, 6) is 1.31. The van der Waals surface area contributed by atoms with Gasteiger partial charge in [-0.15, -0.1) is 0 Å². The number of aryl methyl sites for hydroxylation is 1. The zero-order valence-electron chi connectivity index (χ0n) is 14.3. The van der Waals surface area contributed by atoms with Gasteiger partial charge in [-0.05, 0) is 37.1 Å². The highest BCUT2D eigenvalue weighted by atomic mass is 32.2. The average molecular weight is 366 g/mol. The number of nitrogens with zero attached hydrogens (tertiary/aromatic N) is 1. The Morgan fingerprint density at radius 1 is 1.32 bits per heavy atom. The summed E-state index contributed by atoms with van der Waals surface area (Å²) >= 11 is 0. The van der Waals surface area contributed by atoms with Crippen LogP contribution in [0.1, 0.15) is 18.7 Å². The van der Waals surface area contributed by atoms with Crippen LogP contribution in [0.25, 0.3) is 11.3 Å². The summed E-state index contributed by atoms with van der Waals surface area (Å²) < 4.78 is 42.2. The quantitative estimate of drug-likeness (QED) is 0.842. The van der Waals surface area contributed by atoms with Gasteiger partial charge in [0.2, 0.25) is 10.0 Å². The van der Waals surface area contributed by atoms with Crippen LogP contribution in [0.3, 0.4) is 0 Å². The molecular formula is C17H22N2O5S. The number of rotatable bonds is 6. The minimum atomic E-state index is -3.28. The van der Waals surface area contributed by atoms with Crippen molar-refractivity contribution in [3.05, 3.63) is 36.4 Å². The van der Waals surface area contributed by atoms with Crippen molar-refractivity contribution < 1.29 is 22.3 Å². The van der Waals surface area contributed by atoms with Gasteiger partial charge >= 0.3 is 0 Å². The van der Waals surface area contributed by atoms with E-state index in [1.165, 1.54) is 0 Å². The molecule has 1 N–H and O–H groups in total. The second-order valence-corrected chi connectivity index (χ2v) is 7.92. The molecule has 0 radical (unpaired) electrons. The van der Waals surface area contributed by atoms with Gasteiger partial charge in [0, 0.05) is 19.1 Å². The van der Waals surface area contributed by atoms with Crippen LogP contribution < -0.4 is 9.46 Å². The molecule has 0 saturated carbocycles. The first-order chi connectivity index (χ1) is 11.9. The molecule has 1 aromatic carbocycles. The third kappa shape index (κ3) is 5.04. The average Bonchev–Trinajstić information content (AvgIpc) is 3.00. The SMILES string of the molecule is Cc1nc(-c2ccc(OC[C@H]3OCCC[C@@H]3NS(C)(=O)=O)cc2)co1. The van der Waals surface area contributed by atoms with E-state index < -0.39 is 10.0 Å². The summed E-state index contributed by atoms with van der Waals surface area (Å²) in [6.07, 6.45) is 4.04. The monoisotopic (exact) mass is 366 g/mol. The van der Waals surface area contributed by atoms with Crippen molar-refractivity contribution in [1.29, 1.82) is 0 Å². The van der Waals surface area contributed by atoms with Crippen LogP contribution in [0.5, 0.6) is 5.75 Å². The molecule has 1 aliphatic rings. The Kier molecular flexibility index (Phi) is 5.41. The molecule has 136 valence electrons. The van der Waals surface area contributed by atoms with Gasteiger partial charge in [-0.2, -0.15) is 0 Å². The standard InChI is InChI=1S/C17H22N2O5S/c1-12-18-16(10-23-12)13-5-7-14(8-6-13)24-11-17-15(4-3-9-22-17)19-25(2,20)21/h5-8,10,15,17,19H,3-4,9,11H2,1-2H3/t15-,17+/m0/s1.